The summed E-state index contributed by atoms with van der Waals surface area (Å²) in [6.07, 6.45) is 1.94. The molecule has 0 unspecified atom stereocenters. The Morgan fingerprint density at radius 2 is 1.95 bits per heavy atom. The number of halogens is 1. The Morgan fingerprint density at radius 1 is 1.21 bits per heavy atom. The Balaban J connectivity index is 0.00000180. The number of hydrogen-bond donors (Lipinski definition) is 2. The van der Waals surface area contributed by atoms with Crippen LogP contribution in [0.3, 0.4) is 0 Å². The lowest BCUT2D eigenvalue weighted by Gasteiger charge is -2.08. The van der Waals surface area contributed by atoms with Crippen molar-refractivity contribution < 1.29 is 0 Å². The zero-order chi connectivity index (χ0) is 12.8. The number of guanidine groups is 1. The van der Waals surface area contributed by atoms with Crippen LogP contribution in [0.5, 0.6) is 0 Å². The van der Waals surface area contributed by atoms with Gasteiger partial charge in [-0.05, 0) is 26.0 Å². The molecule has 0 aliphatic rings. The maximum absolute atomic E-state index is 4.47. The molecule has 0 radical (unpaired) electrons. The normalized spacial score (nSPS) is 9.79. The lowest BCUT2D eigenvalue weighted by Crippen LogP contribution is -2.37. The summed E-state index contributed by atoms with van der Waals surface area (Å²) in [6, 6.07) is 5.83. The van der Waals surface area contributed by atoms with Crippen LogP contribution in [-0.4, -0.2) is 33.6 Å². The van der Waals surface area contributed by atoms with Crippen LogP contribution in [0.1, 0.15) is 19.7 Å². The number of hydrogen-bond acceptors (Lipinski definition) is 3. The van der Waals surface area contributed by atoms with Crippen LogP contribution in [0.25, 0.3) is 5.65 Å². The lowest BCUT2D eigenvalue weighted by molar-refractivity contribution is 0.815. The van der Waals surface area contributed by atoms with Crippen molar-refractivity contribution in [1.82, 2.24) is 25.2 Å². The summed E-state index contributed by atoms with van der Waals surface area (Å²) in [7, 11) is 0. The highest BCUT2D eigenvalue weighted by molar-refractivity contribution is 14.0. The molecule has 0 amide bonds. The summed E-state index contributed by atoms with van der Waals surface area (Å²) in [5.41, 5.74) is 0.844. The maximum atomic E-state index is 4.47. The monoisotopic (exact) mass is 374 g/mol. The van der Waals surface area contributed by atoms with Gasteiger partial charge < -0.3 is 10.6 Å². The number of rotatable bonds is 4. The second-order valence-corrected chi connectivity index (χ2v) is 3.77. The van der Waals surface area contributed by atoms with Gasteiger partial charge >= 0.3 is 0 Å². The van der Waals surface area contributed by atoms with Crippen molar-refractivity contribution in [1.29, 1.82) is 0 Å². The molecule has 0 saturated carbocycles. The van der Waals surface area contributed by atoms with Crippen molar-refractivity contribution in [2.45, 2.75) is 20.4 Å². The van der Waals surface area contributed by atoms with Crippen LogP contribution < -0.4 is 10.6 Å². The number of aromatic nitrogens is 3. The first-order valence-corrected chi connectivity index (χ1v) is 6.16. The third-order valence-corrected chi connectivity index (χ3v) is 2.45. The topological polar surface area (TPSA) is 66.6 Å². The van der Waals surface area contributed by atoms with E-state index in [1.807, 2.05) is 42.6 Å². The first-order chi connectivity index (χ1) is 8.85. The quantitative estimate of drug-likeness (QED) is 0.483. The number of nitrogens with zero attached hydrogens (tertiary/aromatic N) is 4. The summed E-state index contributed by atoms with van der Waals surface area (Å²) in [6.45, 7) is 6.26. The molecule has 0 fully saturated rings. The molecule has 19 heavy (non-hydrogen) atoms. The van der Waals surface area contributed by atoms with Gasteiger partial charge in [-0.15, -0.1) is 34.2 Å². The van der Waals surface area contributed by atoms with E-state index in [1.165, 1.54) is 0 Å². The number of aliphatic imine (C=N–C) groups is 1. The molecular weight excluding hydrogens is 355 g/mol. The van der Waals surface area contributed by atoms with Crippen molar-refractivity contribution in [3.05, 3.63) is 30.2 Å². The van der Waals surface area contributed by atoms with Crippen LogP contribution in [0.4, 0.5) is 0 Å². The molecule has 7 heteroatoms. The Kier molecular flexibility index (Phi) is 6.54. The minimum Gasteiger partial charge on any atom is -0.357 e. The molecular formula is C12H19IN6. The molecule has 2 N–H and O–H groups in total. The van der Waals surface area contributed by atoms with E-state index < -0.39 is 0 Å². The molecule has 0 saturated heterocycles. The number of pyridine rings is 1. The first kappa shape index (κ1) is 15.7. The summed E-state index contributed by atoms with van der Waals surface area (Å²) >= 11 is 0. The smallest absolute Gasteiger partial charge is 0.191 e. The van der Waals surface area contributed by atoms with E-state index in [1.54, 1.807) is 0 Å². The molecule has 0 spiro atoms. The minimum absolute atomic E-state index is 0. The van der Waals surface area contributed by atoms with Crippen LogP contribution in [0.2, 0.25) is 0 Å². The van der Waals surface area contributed by atoms with Crippen molar-refractivity contribution in [2.24, 2.45) is 4.99 Å². The average Bonchev–Trinajstić information content (AvgIpc) is 2.80. The Morgan fingerprint density at radius 3 is 2.63 bits per heavy atom. The van der Waals surface area contributed by atoms with Gasteiger partial charge in [-0.25, -0.2) is 4.99 Å². The van der Waals surface area contributed by atoms with Gasteiger partial charge in [-0.2, -0.15) is 0 Å². The first-order valence-electron chi connectivity index (χ1n) is 6.16. The lowest BCUT2D eigenvalue weighted by atomic mass is 10.4. The number of fused-ring (bicyclic) bond motifs is 1. The van der Waals surface area contributed by atoms with Gasteiger partial charge in [0.1, 0.15) is 6.54 Å². The van der Waals surface area contributed by atoms with Gasteiger partial charge in [0.05, 0.1) is 0 Å². The van der Waals surface area contributed by atoms with Gasteiger partial charge in [-0.1, -0.05) is 6.07 Å². The van der Waals surface area contributed by atoms with Gasteiger partial charge in [-0.3, -0.25) is 4.40 Å². The molecule has 0 aliphatic heterocycles. The Bertz CT molecular complexity index is 528. The Labute approximate surface area is 129 Å². The highest BCUT2D eigenvalue weighted by Crippen LogP contribution is 2.03. The van der Waals surface area contributed by atoms with Gasteiger partial charge in [0.15, 0.2) is 17.4 Å². The Hall–Kier alpha value is -1.38. The van der Waals surface area contributed by atoms with Crippen LogP contribution in [0, 0.1) is 0 Å². The summed E-state index contributed by atoms with van der Waals surface area (Å²) in [5.74, 6) is 1.63. The second-order valence-electron chi connectivity index (χ2n) is 3.77. The van der Waals surface area contributed by atoms with Crippen molar-refractivity contribution >= 4 is 35.6 Å². The molecule has 2 aromatic rings. The molecule has 104 valence electrons. The van der Waals surface area contributed by atoms with Gasteiger partial charge in [0.2, 0.25) is 0 Å². The van der Waals surface area contributed by atoms with E-state index in [4.69, 9.17) is 0 Å². The molecule has 2 heterocycles. The summed E-state index contributed by atoms with van der Waals surface area (Å²) in [4.78, 5) is 4.47. The third kappa shape index (κ3) is 4.05. The fraction of sp³-hybridized carbons (Fsp3) is 0.417. The predicted octanol–water partition coefficient (Wildman–Crippen LogP) is 1.42. The molecule has 6 nitrogen and oxygen atoms in total. The highest BCUT2D eigenvalue weighted by Gasteiger charge is 2.03. The third-order valence-electron chi connectivity index (χ3n) is 2.45. The molecule has 2 aromatic heterocycles. The van der Waals surface area contributed by atoms with E-state index in [9.17, 15) is 0 Å². The molecule has 0 bridgehead atoms. The van der Waals surface area contributed by atoms with E-state index in [0.717, 1.165) is 30.5 Å². The average molecular weight is 374 g/mol. The molecule has 0 atom stereocenters. The van der Waals surface area contributed by atoms with Crippen LogP contribution in [-0.2, 0) is 6.54 Å². The molecule has 2 rings (SSSR count). The maximum Gasteiger partial charge on any atom is 0.191 e. The van der Waals surface area contributed by atoms with Crippen LogP contribution in [0.15, 0.2) is 29.4 Å². The van der Waals surface area contributed by atoms with E-state index in [0.29, 0.717) is 6.54 Å². The van der Waals surface area contributed by atoms with Crippen molar-refractivity contribution in [3.63, 3.8) is 0 Å². The fourth-order valence-corrected chi connectivity index (χ4v) is 1.66. The summed E-state index contributed by atoms with van der Waals surface area (Å²) < 4.78 is 1.94. The van der Waals surface area contributed by atoms with E-state index >= 15 is 0 Å². The van der Waals surface area contributed by atoms with Gasteiger partial charge in [0.25, 0.3) is 0 Å². The molecule has 0 aliphatic carbocycles. The largest absolute Gasteiger partial charge is 0.357 e. The van der Waals surface area contributed by atoms with Gasteiger partial charge in [0, 0.05) is 19.3 Å². The standard InChI is InChI=1S/C12H18N6.HI/c1-3-13-12(14-4-2)15-9-11-17-16-10-7-5-6-8-18(10)11;/h5-8H,3-4,9H2,1-2H3,(H2,13,14,15);1H. The SMILES string of the molecule is CCNC(=NCc1nnc2ccccn12)NCC.I. The molecule has 0 aromatic carbocycles. The van der Waals surface area contributed by atoms with Crippen molar-refractivity contribution in [2.75, 3.05) is 13.1 Å². The minimum atomic E-state index is 0. The van der Waals surface area contributed by atoms with Crippen molar-refractivity contribution in [3.8, 4) is 0 Å². The predicted molar refractivity (Wildman–Crippen MR) is 86.9 cm³/mol. The number of nitrogens with one attached hydrogen (secondary N) is 2. The zero-order valence-corrected chi connectivity index (χ0v) is 13.5. The highest BCUT2D eigenvalue weighted by atomic mass is 127. The summed E-state index contributed by atoms with van der Waals surface area (Å²) in [5, 5.41) is 14.6. The van der Waals surface area contributed by atoms with E-state index in [2.05, 4.69) is 25.8 Å². The second kappa shape index (κ2) is 7.93. The van der Waals surface area contributed by atoms with E-state index in [-0.39, 0.29) is 24.0 Å². The van der Waals surface area contributed by atoms with Crippen LogP contribution >= 0.6 is 24.0 Å². The fourth-order valence-electron chi connectivity index (χ4n) is 1.66. The zero-order valence-electron chi connectivity index (χ0n) is 11.1.